The zero-order valence-corrected chi connectivity index (χ0v) is 17.3. The SMILES string of the molecule is CN(CC(=O)Nc1ccccc1Cl)C(=O)CSC12CC3CC(CC(C3)C1)C2. The highest BCUT2D eigenvalue weighted by molar-refractivity contribution is 8.01. The number of para-hydroxylation sites is 1. The van der Waals surface area contributed by atoms with Gasteiger partial charge < -0.3 is 10.2 Å². The van der Waals surface area contributed by atoms with Crippen molar-refractivity contribution >= 4 is 40.9 Å². The number of carbonyl (C=O) groups excluding carboxylic acids is 2. The lowest BCUT2D eigenvalue weighted by atomic mass is 9.56. The van der Waals surface area contributed by atoms with E-state index in [9.17, 15) is 9.59 Å². The van der Waals surface area contributed by atoms with E-state index in [4.69, 9.17) is 11.6 Å². The molecule has 4 aliphatic carbocycles. The molecule has 0 aromatic heterocycles. The molecule has 4 bridgehead atoms. The first kappa shape index (κ1) is 19.1. The highest BCUT2D eigenvalue weighted by Gasteiger charge is 2.51. The van der Waals surface area contributed by atoms with Gasteiger partial charge in [0.05, 0.1) is 23.0 Å². The smallest absolute Gasteiger partial charge is 0.244 e. The second-order valence-electron chi connectivity index (χ2n) is 8.67. The van der Waals surface area contributed by atoms with Gasteiger partial charge in [-0.3, -0.25) is 9.59 Å². The molecule has 146 valence electrons. The number of rotatable bonds is 6. The maximum Gasteiger partial charge on any atom is 0.244 e. The molecule has 4 nitrogen and oxygen atoms in total. The van der Waals surface area contributed by atoms with Crippen LogP contribution < -0.4 is 5.32 Å². The third-order valence-corrected chi connectivity index (χ3v) is 8.27. The highest BCUT2D eigenvalue weighted by Crippen LogP contribution is 2.60. The monoisotopic (exact) mass is 406 g/mol. The van der Waals surface area contributed by atoms with Gasteiger partial charge in [-0.15, -0.1) is 11.8 Å². The minimum atomic E-state index is -0.223. The van der Waals surface area contributed by atoms with Crippen LogP contribution in [0.3, 0.4) is 0 Å². The maximum absolute atomic E-state index is 12.6. The van der Waals surface area contributed by atoms with Gasteiger partial charge in [-0.25, -0.2) is 0 Å². The number of thioether (sulfide) groups is 1. The zero-order valence-electron chi connectivity index (χ0n) is 15.7. The van der Waals surface area contributed by atoms with Crippen LogP contribution in [0.5, 0.6) is 0 Å². The van der Waals surface area contributed by atoms with Crippen LogP contribution in [0.2, 0.25) is 5.02 Å². The number of nitrogens with one attached hydrogen (secondary N) is 1. The van der Waals surface area contributed by atoms with E-state index in [2.05, 4.69) is 5.32 Å². The Labute approximate surface area is 170 Å². The molecule has 0 atom stereocenters. The van der Waals surface area contributed by atoms with E-state index < -0.39 is 0 Å². The van der Waals surface area contributed by atoms with Gasteiger partial charge in [0.2, 0.25) is 11.8 Å². The van der Waals surface area contributed by atoms with E-state index in [-0.39, 0.29) is 18.4 Å². The van der Waals surface area contributed by atoms with Crippen molar-refractivity contribution in [1.82, 2.24) is 4.90 Å². The van der Waals surface area contributed by atoms with Crippen molar-refractivity contribution in [3.05, 3.63) is 29.3 Å². The minimum Gasteiger partial charge on any atom is -0.336 e. The number of benzene rings is 1. The summed E-state index contributed by atoms with van der Waals surface area (Å²) in [5, 5.41) is 3.27. The van der Waals surface area contributed by atoms with Crippen molar-refractivity contribution in [2.75, 3.05) is 24.7 Å². The number of carbonyl (C=O) groups is 2. The summed E-state index contributed by atoms with van der Waals surface area (Å²) in [4.78, 5) is 26.4. The number of amides is 2. The number of nitrogens with zero attached hydrogens (tertiary/aromatic N) is 1. The molecule has 4 aliphatic rings. The Morgan fingerprint density at radius 3 is 2.33 bits per heavy atom. The first-order chi connectivity index (χ1) is 12.9. The zero-order chi connectivity index (χ0) is 19.0. The van der Waals surface area contributed by atoms with Crippen molar-refractivity contribution < 1.29 is 9.59 Å². The molecule has 27 heavy (non-hydrogen) atoms. The quantitative estimate of drug-likeness (QED) is 0.759. The molecule has 0 spiro atoms. The Balaban J connectivity index is 1.27. The summed E-state index contributed by atoms with van der Waals surface area (Å²) < 4.78 is 0.324. The van der Waals surface area contributed by atoms with Crippen LogP contribution in [0.4, 0.5) is 5.69 Å². The molecule has 1 aromatic rings. The molecule has 4 saturated carbocycles. The summed E-state index contributed by atoms with van der Waals surface area (Å²) in [6, 6.07) is 7.12. The summed E-state index contributed by atoms with van der Waals surface area (Å²) in [5.41, 5.74) is 0.577. The predicted molar refractivity (Wildman–Crippen MR) is 111 cm³/mol. The summed E-state index contributed by atoms with van der Waals surface area (Å²) in [6.45, 7) is 0.0471. The van der Waals surface area contributed by atoms with E-state index in [0.717, 1.165) is 17.8 Å². The second kappa shape index (κ2) is 7.67. The van der Waals surface area contributed by atoms with Crippen LogP contribution >= 0.6 is 23.4 Å². The molecule has 0 heterocycles. The largest absolute Gasteiger partial charge is 0.336 e. The lowest BCUT2D eigenvalue weighted by molar-refractivity contribution is -0.131. The average Bonchev–Trinajstić information content (AvgIpc) is 2.60. The van der Waals surface area contributed by atoms with E-state index in [1.54, 1.807) is 19.2 Å². The standard InChI is InChI=1S/C21H27ClN2O2S/c1-24(12-19(25)23-18-5-3-2-4-17(18)22)20(26)13-27-21-9-14-6-15(10-21)8-16(7-14)11-21/h2-5,14-16H,6-13H2,1H3,(H,23,25). The van der Waals surface area contributed by atoms with Crippen LogP contribution in [0.25, 0.3) is 0 Å². The Morgan fingerprint density at radius 1 is 1.15 bits per heavy atom. The highest BCUT2D eigenvalue weighted by atomic mass is 35.5. The fraction of sp³-hybridized carbons (Fsp3) is 0.619. The Morgan fingerprint density at radius 2 is 1.74 bits per heavy atom. The molecule has 1 N–H and O–H groups in total. The molecule has 2 amide bonds. The third-order valence-electron chi connectivity index (χ3n) is 6.44. The number of hydrogen-bond acceptors (Lipinski definition) is 3. The van der Waals surface area contributed by atoms with Gasteiger partial charge in [-0.1, -0.05) is 23.7 Å². The number of halogens is 1. The summed E-state index contributed by atoms with van der Waals surface area (Å²) in [5.74, 6) is 2.94. The molecular formula is C21H27ClN2O2S. The molecule has 5 rings (SSSR count). The van der Waals surface area contributed by atoms with E-state index >= 15 is 0 Å². The normalized spacial score (nSPS) is 31.0. The average molecular weight is 407 g/mol. The Kier molecular flexibility index (Phi) is 5.43. The van der Waals surface area contributed by atoms with Crippen LogP contribution in [0, 0.1) is 17.8 Å². The van der Waals surface area contributed by atoms with E-state index in [1.807, 2.05) is 23.9 Å². The van der Waals surface area contributed by atoms with E-state index in [1.165, 1.54) is 43.4 Å². The summed E-state index contributed by atoms with van der Waals surface area (Å²) in [7, 11) is 1.70. The Hall–Kier alpha value is -1.20. The molecule has 0 aliphatic heterocycles. The number of likely N-dealkylation sites (N-methyl/N-ethyl adjacent to an activating group) is 1. The van der Waals surface area contributed by atoms with Crippen LogP contribution in [-0.4, -0.2) is 40.8 Å². The fourth-order valence-corrected chi connectivity index (χ4v) is 7.48. The van der Waals surface area contributed by atoms with E-state index in [0.29, 0.717) is 21.2 Å². The van der Waals surface area contributed by atoms with Gasteiger partial charge in [0.15, 0.2) is 0 Å². The second-order valence-corrected chi connectivity index (χ2v) is 10.5. The molecule has 0 saturated heterocycles. The number of hydrogen-bond donors (Lipinski definition) is 1. The topological polar surface area (TPSA) is 49.4 Å². The molecular weight excluding hydrogens is 380 g/mol. The van der Waals surface area contributed by atoms with Crippen LogP contribution in [0.1, 0.15) is 38.5 Å². The van der Waals surface area contributed by atoms with Crippen molar-refractivity contribution in [3.8, 4) is 0 Å². The number of anilines is 1. The molecule has 4 fully saturated rings. The molecule has 6 heteroatoms. The van der Waals surface area contributed by atoms with Crippen molar-refractivity contribution in [2.24, 2.45) is 17.8 Å². The summed E-state index contributed by atoms with van der Waals surface area (Å²) in [6.07, 6.45) is 8.09. The van der Waals surface area contributed by atoms with Crippen LogP contribution in [0.15, 0.2) is 24.3 Å². The third kappa shape index (κ3) is 4.29. The molecule has 0 unspecified atom stereocenters. The first-order valence-corrected chi connectivity index (χ1v) is 11.2. The van der Waals surface area contributed by atoms with Crippen LogP contribution in [-0.2, 0) is 9.59 Å². The van der Waals surface area contributed by atoms with Gasteiger partial charge in [0.1, 0.15) is 0 Å². The first-order valence-electron chi connectivity index (χ1n) is 9.85. The van der Waals surface area contributed by atoms with Gasteiger partial charge in [-0.05, 0) is 68.4 Å². The predicted octanol–water partition coefficient (Wildman–Crippen LogP) is 4.44. The lowest BCUT2D eigenvalue weighted by Crippen LogP contribution is -2.49. The van der Waals surface area contributed by atoms with Gasteiger partial charge in [-0.2, -0.15) is 0 Å². The Bertz CT molecular complexity index is 703. The van der Waals surface area contributed by atoms with Gasteiger partial charge >= 0.3 is 0 Å². The minimum absolute atomic E-state index is 0.0325. The molecule has 1 aromatic carbocycles. The van der Waals surface area contributed by atoms with Gasteiger partial charge in [0, 0.05) is 11.8 Å². The fourth-order valence-electron chi connectivity index (χ4n) is 5.59. The lowest BCUT2D eigenvalue weighted by Gasteiger charge is -2.56. The summed E-state index contributed by atoms with van der Waals surface area (Å²) >= 11 is 7.93. The van der Waals surface area contributed by atoms with Gasteiger partial charge in [0.25, 0.3) is 0 Å². The van der Waals surface area contributed by atoms with Crippen molar-refractivity contribution in [3.63, 3.8) is 0 Å². The van der Waals surface area contributed by atoms with Crippen molar-refractivity contribution in [1.29, 1.82) is 0 Å². The molecule has 0 radical (unpaired) electrons. The maximum atomic E-state index is 12.6. The van der Waals surface area contributed by atoms with Crippen molar-refractivity contribution in [2.45, 2.75) is 43.3 Å².